The van der Waals surface area contributed by atoms with Crippen molar-refractivity contribution in [3.05, 3.63) is 29.1 Å². The van der Waals surface area contributed by atoms with Crippen LogP contribution in [0, 0.1) is 5.41 Å². The fraction of sp³-hybridized carbons (Fsp3) is 0.500. The molecule has 1 amide bonds. The molecule has 2 radical (unpaired) electrons. The van der Waals surface area contributed by atoms with Crippen molar-refractivity contribution in [2.75, 3.05) is 0 Å². The molecule has 1 aromatic heterocycles. The van der Waals surface area contributed by atoms with Gasteiger partial charge < -0.3 is 4.81 Å². The number of pyridine rings is 1. The average Bonchev–Trinajstić information content (AvgIpc) is 2.43. The Bertz CT molecular complexity index is 437. The summed E-state index contributed by atoms with van der Waals surface area (Å²) in [6.45, 7) is 7.01. The molecule has 0 saturated heterocycles. The third kappa shape index (κ3) is 1.97. The molecular weight excluding hydrogens is 199 g/mol. The highest BCUT2D eigenvalue weighted by Crippen LogP contribution is 2.28. The molecule has 1 aliphatic rings. The molecule has 82 valence electrons. The van der Waals surface area contributed by atoms with Gasteiger partial charge in [0.1, 0.15) is 5.69 Å². The minimum absolute atomic E-state index is 0.175. The second kappa shape index (κ2) is 3.61. The summed E-state index contributed by atoms with van der Waals surface area (Å²) in [5.41, 5.74) is 2.88. The van der Waals surface area contributed by atoms with Crippen LogP contribution in [-0.4, -0.2) is 23.7 Å². The lowest BCUT2D eigenvalue weighted by Crippen LogP contribution is -2.20. The largest absolute Gasteiger partial charge is 0.387 e. The number of nitrogens with zero attached hydrogens (tertiary/aromatic N) is 2. The zero-order chi connectivity index (χ0) is 11.9. The Morgan fingerprint density at radius 3 is 2.81 bits per heavy atom. The first-order valence-electron chi connectivity index (χ1n) is 5.42. The summed E-state index contributed by atoms with van der Waals surface area (Å²) < 4.78 is 0. The molecule has 0 spiro atoms. The van der Waals surface area contributed by atoms with Gasteiger partial charge in [-0.25, -0.2) is 0 Å². The Labute approximate surface area is 97.3 Å². The second-order valence-electron chi connectivity index (χ2n) is 5.47. The molecule has 2 rings (SSSR count). The molecule has 0 aliphatic carbocycles. The fourth-order valence-corrected chi connectivity index (χ4v) is 2.01. The van der Waals surface area contributed by atoms with Gasteiger partial charge in [0, 0.05) is 18.3 Å². The van der Waals surface area contributed by atoms with Crippen LogP contribution in [-0.2, 0) is 13.0 Å². The molecule has 0 unspecified atom stereocenters. The number of hydrogen-bond donors (Lipinski definition) is 0. The van der Waals surface area contributed by atoms with Gasteiger partial charge >= 0.3 is 0 Å². The van der Waals surface area contributed by atoms with Crippen molar-refractivity contribution in [2.24, 2.45) is 5.41 Å². The first kappa shape index (κ1) is 11.2. The average molecular weight is 214 g/mol. The van der Waals surface area contributed by atoms with E-state index in [1.54, 1.807) is 6.20 Å². The van der Waals surface area contributed by atoms with Gasteiger partial charge in [0.25, 0.3) is 5.91 Å². The van der Waals surface area contributed by atoms with Crippen LogP contribution >= 0.6 is 0 Å². The topological polar surface area (TPSA) is 33.2 Å². The number of carbonyl (C=O) groups excluding carboxylic acids is 1. The third-order valence-corrected chi connectivity index (χ3v) is 2.67. The van der Waals surface area contributed by atoms with Gasteiger partial charge in [0.05, 0.1) is 0 Å². The highest BCUT2D eigenvalue weighted by atomic mass is 16.2. The van der Waals surface area contributed by atoms with Gasteiger partial charge in [0.15, 0.2) is 0 Å². The number of amides is 1. The maximum Gasteiger partial charge on any atom is 0.260 e. The summed E-state index contributed by atoms with van der Waals surface area (Å²) in [5, 5.41) is 0. The summed E-state index contributed by atoms with van der Waals surface area (Å²) in [6, 6.07) is 1.98. The Morgan fingerprint density at radius 2 is 2.19 bits per heavy atom. The van der Waals surface area contributed by atoms with Crippen molar-refractivity contribution in [1.82, 2.24) is 9.79 Å². The molecule has 4 heteroatoms. The van der Waals surface area contributed by atoms with Gasteiger partial charge in [0.2, 0.25) is 7.98 Å². The van der Waals surface area contributed by atoms with Crippen molar-refractivity contribution >= 4 is 13.9 Å². The van der Waals surface area contributed by atoms with Crippen molar-refractivity contribution in [3.63, 3.8) is 0 Å². The van der Waals surface area contributed by atoms with Crippen LogP contribution in [0.3, 0.4) is 0 Å². The lowest BCUT2D eigenvalue weighted by atomic mass is 9.86. The van der Waals surface area contributed by atoms with E-state index in [2.05, 4.69) is 25.8 Å². The number of hydrogen-bond acceptors (Lipinski definition) is 2. The lowest BCUT2D eigenvalue weighted by Gasteiger charge is -2.19. The predicted octanol–water partition coefficient (Wildman–Crippen LogP) is 1.71. The summed E-state index contributed by atoms with van der Waals surface area (Å²) in [7, 11) is 5.60. The van der Waals surface area contributed by atoms with E-state index in [4.69, 9.17) is 7.98 Å². The standard InChI is InChI=1S/C12H15BN2O/c1-12(2,3)6-8-4-5-14-10-9(8)7-15(13)11(10)16/h4-5H,6-7H2,1-3H3. The number of aromatic nitrogens is 1. The smallest absolute Gasteiger partial charge is 0.260 e. The van der Waals surface area contributed by atoms with E-state index in [1.807, 2.05) is 6.07 Å². The van der Waals surface area contributed by atoms with Crippen molar-refractivity contribution in [2.45, 2.75) is 33.7 Å². The summed E-state index contributed by atoms with van der Waals surface area (Å²) in [4.78, 5) is 17.0. The van der Waals surface area contributed by atoms with Crippen LogP contribution < -0.4 is 0 Å². The predicted molar refractivity (Wildman–Crippen MR) is 63.0 cm³/mol. The van der Waals surface area contributed by atoms with Crippen LogP contribution in [0.5, 0.6) is 0 Å². The van der Waals surface area contributed by atoms with E-state index < -0.39 is 0 Å². The number of fused-ring (bicyclic) bond motifs is 1. The zero-order valence-electron chi connectivity index (χ0n) is 9.95. The number of carbonyl (C=O) groups is 1. The molecule has 0 bridgehead atoms. The van der Waals surface area contributed by atoms with Gasteiger partial charge in [-0.2, -0.15) is 0 Å². The van der Waals surface area contributed by atoms with E-state index in [1.165, 1.54) is 10.4 Å². The lowest BCUT2D eigenvalue weighted by molar-refractivity contribution is 0.0876. The Kier molecular flexibility index (Phi) is 2.52. The third-order valence-electron chi connectivity index (χ3n) is 2.67. The first-order chi connectivity index (χ1) is 7.38. The zero-order valence-corrected chi connectivity index (χ0v) is 9.95. The van der Waals surface area contributed by atoms with Crippen molar-refractivity contribution in [3.8, 4) is 0 Å². The molecule has 16 heavy (non-hydrogen) atoms. The van der Waals surface area contributed by atoms with E-state index in [0.717, 1.165) is 12.0 Å². The van der Waals surface area contributed by atoms with Gasteiger partial charge in [-0.05, 0) is 23.5 Å². The number of rotatable bonds is 1. The van der Waals surface area contributed by atoms with Crippen molar-refractivity contribution < 1.29 is 4.79 Å². The van der Waals surface area contributed by atoms with Crippen LogP contribution in [0.4, 0.5) is 0 Å². The fourth-order valence-electron chi connectivity index (χ4n) is 2.01. The maximum atomic E-state index is 11.7. The molecule has 0 saturated carbocycles. The molecular formula is C12H15BN2O. The minimum Gasteiger partial charge on any atom is -0.387 e. The monoisotopic (exact) mass is 214 g/mol. The van der Waals surface area contributed by atoms with E-state index >= 15 is 0 Å². The normalized spacial score (nSPS) is 15.4. The summed E-state index contributed by atoms with van der Waals surface area (Å²) >= 11 is 0. The van der Waals surface area contributed by atoms with E-state index in [9.17, 15) is 4.79 Å². The van der Waals surface area contributed by atoms with Crippen molar-refractivity contribution in [1.29, 1.82) is 0 Å². The summed E-state index contributed by atoms with van der Waals surface area (Å²) in [5.74, 6) is -0.175. The molecule has 1 aliphatic heterocycles. The summed E-state index contributed by atoms with van der Waals surface area (Å²) in [6.07, 6.45) is 2.62. The van der Waals surface area contributed by atoms with E-state index in [-0.39, 0.29) is 11.3 Å². The SMILES string of the molecule is [B]N1Cc2c(CC(C)(C)C)ccnc2C1=O. The van der Waals surface area contributed by atoms with Crippen LogP contribution in [0.25, 0.3) is 0 Å². The maximum absolute atomic E-state index is 11.7. The molecule has 0 aromatic carbocycles. The second-order valence-corrected chi connectivity index (χ2v) is 5.47. The molecule has 3 nitrogen and oxygen atoms in total. The molecule has 0 atom stereocenters. The Balaban J connectivity index is 2.40. The molecule has 1 aromatic rings. The highest BCUT2D eigenvalue weighted by Gasteiger charge is 2.28. The Morgan fingerprint density at radius 1 is 1.50 bits per heavy atom. The quantitative estimate of drug-likeness (QED) is 0.666. The molecule has 0 N–H and O–H groups in total. The van der Waals surface area contributed by atoms with Crippen LogP contribution in [0.2, 0.25) is 0 Å². The Hall–Kier alpha value is -1.32. The molecule has 2 heterocycles. The van der Waals surface area contributed by atoms with Gasteiger partial charge in [-0.15, -0.1) is 0 Å². The van der Waals surface area contributed by atoms with Gasteiger partial charge in [-0.3, -0.25) is 9.78 Å². The van der Waals surface area contributed by atoms with Crippen LogP contribution in [0.1, 0.15) is 42.4 Å². The molecule has 0 fully saturated rings. The minimum atomic E-state index is -0.175. The highest BCUT2D eigenvalue weighted by molar-refractivity contribution is 6.19. The van der Waals surface area contributed by atoms with Crippen LogP contribution in [0.15, 0.2) is 12.3 Å². The van der Waals surface area contributed by atoms with Gasteiger partial charge in [-0.1, -0.05) is 20.8 Å². The first-order valence-corrected chi connectivity index (χ1v) is 5.42. The van der Waals surface area contributed by atoms with E-state index in [0.29, 0.717) is 12.2 Å².